The highest BCUT2D eigenvalue weighted by atomic mass is 19.1. The average Bonchev–Trinajstić information content (AvgIpc) is 2.88. The first kappa shape index (κ1) is 14.9. The Balaban J connectivity index is 1.61. The standard InChI is InChI=1S/C15H18FN3O3/c1-10(20)15(21)19-6-4-18(5-7-19)9-14-17-12-8-11(16)2-3-13(12)22-14/h2-3,8,10,20H,4-7,9H2,1H3. The largest absolute Gasteiger partial charge is 0.439 e. The molecule has 1 aromatic carbocycles. The predicted octanol–water partition coefficient (Wildman–Crippen LogP) is 0.992. The topological polar surface area (TPSA) is 69.8 Å². The van der Waals surface area contributed by atoms with E-state index in [1.807, 2.05) is 0 Å². The lowest BCUT2D eigenvalue weighted by atomic mass is 10.2. The Bertz CT molecular complexity index is 678. The van der Waals surface area contributed by atoms with E-state index >= 15 is 0 Å². The third-order valence-corrected chi connectivity index (χ3v) is 3.79. The van der Waals surface area contributed by atoms with Crippen LogP contribution in [0.5, 0.6) is 0 Å². The van der Waals surface area contributed by atoms with Crippen LogP contribution >= 0.6 is 0 Å². The number of rotatable bonds is 3. The molecule has 1 N–H and O–H groups in total. The first-order valence-electron chi connectivity index (χ1n) is 7.27. The maximum atomic E-state index is 13.1. The van der Waals surface area contributed by atoms with Gasteiger partial charge in [0, 0.05) is 32.2 Å². The van der Waals surface area contributed by atoms with Gasteiger partial charge >= 0.3 is 0 Å². The van der Waals surface area contributed by atoms with Crippen LogP contribution in [0.25, 0.3) is 11.1 Å². The molecule has 1 aromatic heterocycles. The number of carbonyl (C=O) groups is 1. The SMILES string of the molecule is CC(O)C(=O)N1CCN(Cc2nc3cc(F)ccc3o2)CC1. The molecule has 2 heterocycles. The summed E-state index contributed by atoms with van der Waals surface area (Å²) in [5.74, 6) is -0.0366. The number of amides is 1. The Labute approximate surface area is 127 Å². The minimum atomic E-state index is -0.960. The number of hydrogen-bond acceptors (Lipinski definition) is 5. The Kier molecular flexibility index (Phi) is 4.08. The number of aromatic nitrogens is 1. The van der Waals surface area contributed by atoms with Crippen LogP contribution in [0, 0.1) is 5.82 Å². The monoisotopic (exact) mass is 307 g/mol. The molecular weight excluding hydrogens is 289 g/mol. The minimum absolute atomic E-state index is 0.239. The van der Waals surface area contributed by atoms with E-state index in [9.17, 15) is 14.3 Å². The lowest BCUT2D eigenvalue weighted by Crippen LogP contribution is -2.50. The van der Waals surface area contributed by atoms with Crippen LogP contribution in [0.4, 0.5) is 4.39 Å². The van der Waals surface area contributed by atoms with Gasteiger partial charge in [-0.05, 0) is 19.1 Å². The molecular formula is C15H18FN3O3. The third kappa shape index (κ3) is 3.10. The molecule has 6 nitrogen and oxygen atoms in total. The Morgan fingerprint density at radius 3 is 2.82 bits per heavy atom. The van der Waals surface area contributed by atoms with Gasteiger partial charge in [0.1, 0.15) is 17.4 Å². The lowest BCUT2D eigenvalue weighted by molar-refractivity contribution is -0.141. The second-order valence-corrected chi connectivity index (χ2v) is 5.50. The van der Waals surface area contributed by atoms with Crippen molar-refractivity contribution in [2.45, 2.75) is 19.6 Å². The molecule has 22 heavy (non-hydrogen) atoms. The van der Waals surface area contributed by atoms with Gasteiger partial charge in [-0.25, -0.2) is 9.37 Å². The van der Waals surface area contributed by atoms with Crippen LogP contribution in [0.1, 0.15) is 12.8 Å². The summed E-state index contributed by atoms with van der Waals surface area (Å²) in [7, 11) is 0. The molecule has 1 saturated heterocycles. The minimum Gasteiger partial charge on any atom is -0.439 e. The summed E-state index contributed by atoms with van der Waals surface area (Å²) in [5, 5.41) is 9.32. The van der Waals surface area contributed by atoms with Crippen LogP contribution in [0.3, 0.4) is 0 Å². The number of benzene rings is 1. The van der Waals surface area contributed by atoms with Gasteiger partial charge in [-0.3, -0.25) is 9.69 Å². The van der Waals surface area contributed by atoms with Crippen LogP contribution in [-0.2, 0) is 11.3 Å². The number of fused-ring (bicyclic) bond motifs is 1. The second kappa shape index (κ2) is 6.02. The highest BCUT2D eigenvalue weighted by Crippen LogP contribution is 2.18. The zero-order valence-corrected chi connectivity index (χ0v) is 12.3. The number of hydrogen-bond donors (Lipinski definition) is 1. The smallest absolute Gasteiger partial charge is 0.251 e. The van der Waals surface area contributed by atoms with Crippen molar-refractivity contribution in [3.05, 3.63) is 29.9 Å². The maximum absolute atomic E-state index is 13.1. The van der Waals surface area contributed by atoms with Gasteiger partial charge in [0.15, 0.2) is 5.58 Å². The summed E-state index contributed by atoms with van der Waals surface area (Å²) < 4.78 is 18.7. The van der Waals surface area contributed by atoms with Crippen molar-refractivity contribution in [1.29, 1.82) is 0 Å². The number of halogens is 1. The van der Waals surface area contributed by atoms with Gasteiger partial charge in [0.05, 0.1) is 6.54 Å². The fourth-order valence-corrected chi connectivity index (χ4v) is 2.60. The zero-order valence-electron chi connectivity index (χ0n) is 12.3. The summed E-state index contributed by atoms with van der Waals surface area (Å²) in [6, 6.07) is 4.26. The van der Waals surface area contributed by atoms with Crippen molar-refractivity contribution in [3.8, 4) is 0 Å². The number of oxazole rings is 1. The molecule has 1 atom stereocenters. The third-order valence-electron chi connectivity index (χ3n) is 3.79. The average molecular weight is 307 g/mol. The van der Waals surface area contributed by atoms with Gasteiger partial charge in [0.2, 0.25) is 5.89 Å². The summed E-state index contributed by atoms with van der Waals surface area (Å²) in [6.07, 6.45) is -0.960. The van der Waals surface area contributed by atoms with Gasteiger partial charge in [-0.15, -0.1) is 0 Å². The van der Waals surface area contributed by atoms with E-state index in [1.54, 1.807) is 11.0 Å². The zero-order chi connectivity index (χ0) is 15.7. The van der Waals surface area contributed by atoms with E-state index in [-0.39, 0.29) is 11.7 Å². The number of aliphatic hydroxyl groups is 1. The van der Waals surface area contributed by atoms with Crippen LogP contribution < -0.4 is 0 Å². The molecule has 1 unspecified atom stereocenters. The van der Waals surface area contributed by atoms with Crippen LogP contribution in [0.2, 0.25) is 0 Å². The Hall–Kier alpha value is -1.99. The van der Waals surface area contributed by atoms with Crippen molar-refractivity contribution in [2.24, 2.45) is 0 Å². The summed E-state index contributed by atoms with van der Waals surface area (Å²) in [4.78, 5) is 19.8. The molecule has 0 bridgehead atoms. The lowest BCUT2D eigenvalue weighted by Gasteiger charge is -2.34. The van der Waals surface area contributed by atoms with E-state index in [1.165, 1.54) is 19.1 Å². The van der Waals surface area contributed by atoms with E-state index in [0.717, 1.165) is 0 Å². The van der Waals surface area contributed by atoms with Gasteiger partial charge in [-0.2, -0.15) is 0 Å². The number of piperazine rings is 1. The summed E-state index contributed by atoms with van der Waals surface area (Å²) in [6.45, 7) is 4.51. The molecule has 2 aromatic rings. The van der Waals surface area contributed by atoms with Crippen LogP contribution in [0.15, 0.2) is 22.6 Å². The highest BCUT2D eigenvalue weighted by Gasteiger charge is 2.24. The van der Waals surface area contributed by atoms with Gasteiger partial charge in [-0.1, -0.05) is 0 Å². The Morgan fingerprint density at radius 2 is 2.14 bits per heavy atom. The molecule has 7 heteroatoms. The molecule has 1 aliphatic heterocycles. The van der Waals surface area contributed by atoms with Crippen molar-refractivity contribution >= 4 is 17.0 Å². The summed E-state index contributed by atoms with van der Waals surface area (Å²) >= 11 is 0. The molecule has 0 spiro atoms. The second-order valence-electron chi connectivity index (χ2n) is 5.50. The first-order valence-corrected chi connectivity index (χ1v) is 7.27. The van der Waals surface area contributed by atoms with E-state index in [2.05, 4.69) is 9.88 Å². The molecule has 0 saturated carbocycles. The molecule has 1 fully saturated rings. The fraction of sp³-hybridized carbons (Fsp3) is 0.467. The molecule has 1 amide bonds. The summed E-state index contributed by atoms with van der Waals surface area (Å²) in [5.41, 5.74) is 1.08. The molecule has 1 aliphatic rings. The van der Waals surface area contributed by atoms with Crippen molar-refractivity contribution in [2.75, 3.05) is 26.2 Å². The van der Waals surface area contributed by atoms with Crippen molar-refractivity contribution in [3.63, 3.8) is 0 Å². The fourth-order valence-electron chi connectivity index (χ4n) is 2.60. The number of aliphatic hydroxyl groups excluding tert-OH is 1. The van der Waals surface area contributed by atoms with Crippen molar-refractivity contribution in [1.82, 2.24) is 14.8 Å². The molecule has 0 aliphatic carbocycles. The highest BCUT2D eigenvalue weighted by molar-refractivity contribution is 5.80. The first-order chi connectivity index (χ1) is 10.5. The number of carbonyl (C=O) groups excluding carboxylic acids is 1. The predicted molar refractivity (Wildman–Crippen MR) is 77.5 cm³/mol. The van der Waals surface area contributed by atoms with Gasteiger partial charge in [0.25, 0.3) is 5.91 Å². The number of nitrogens with zero attached hydrogens (tertiary/aromatic N) is 3. The van der Waals surface area contributed by atoms with E-state index in [0.29, 0.717) is 49.7 Å². The molecule has 3 rings (SSSR count). The van der Waals surface area contributed by atoms with E-state index in [4.69, 9.17) is 4.42 Å². The van der Waals surface area contributed by atoms with Crippen molar-refractivity contribution < 1.29 is 18.7 Å². The van der Waals surface area contributed by atoms with Crippen LogP contribution in [-0.4, -0.2) is 58.1 Å². The van der Waals surface area contributed by atoms with E-state index < -0.39 is 6.10 Å². The molecule has 118 valence electrons. The maximum Gasteiger partial charge on any atom is 0.251 e. The normalized spacial score (nSPS) is 17.9. The molecule has 0 radical (unpaired) electrons. The quantitative estimate of drug-likeness (QED) is 0.916. The van der Waals surface area contributed by atoms with Gasteiger partial charge < -0.3 is 14.4 Å². The Morgan fingerprint density at radius 1 is 1.41 bits per heavy atom.